The zero-order chi connectivity index (χ0) is 14.8. The average molecular weight is 300 g/mol. The Balaban J connectivity index is 1.86. The van der Waals surface area contributed by atoms with Crippen molar-refractivity contribution in [2.45, 2.75) is 52.2 Å². The predicted molar refractivity (Wildman–Crippen MR) is 76.8 cm³/mol. The van der Waals surface area contributed by atoms with E-state index in [4.69, 9.17) is 4.52 Å². The lowest BCUT2D eigenvalue weighted by atomic mass is 9.76. The van der Waals surface area contributed by atoms with Crippen LogP contribution in [0.3, 0.4) is 0 Å². The second kappa shape index (κ2) is 6.24. The second-order valence-electron chi connectivity index (χ2n) is 6.40. The number of rotatable bonds is 5. The summed E-state index contributed by atoms with van der Waals surface area (Å²) in [6, 6.07) is 0. The molecular weight excluding hydrogens is 276 g/mol. The van der Waals surface area contributed by atoms with Crippen LogP contribution in [0.5, 0.6) is 0 Å². The van der Waals surface area contributed by atoms with Crippen molar-refractivity contribution in [3.05, 3.63) is 11.7 Å². The van der Waals surface area contributed by atoms with E-state index in [-0.39, 0.29) is 17.4 Å². The Morgan fingerprint density at radius 2 is 1.85 bits per heavy atom. The van der Waals surface area contributed by atoms with Gasteiger partial charge in [-0.1, -0.05) is 19.0 Å². The molecule has 1 saturated carbocycles. The molecule has 5 nitrogen and oxygen atoms in total. The Labute approximate surface area is 121 Å². The number of aryl methyl sites for hydroxylation is 1. The van der Waals surface area contributed by atoms with Gasteiger partial charge in [-0.05, 0) is 50.4 Å². The quantitative estimate of drug-likeness (QED) is 0.836. The lowest BCUT2D eigenvalue weighted by Crippen LogP contribution is -2.22. The fourth-order valence-corrected chi connectivity index (χ4v) is 4.68. The van der Waals surface area contributed by atoms with E-state index >= 15 is 0 Å². The summed E-state index contributed by atoms with van der Waals surface area (Å²) >= 11 is 0. The standard InChI is InChI=1S/C14H24N2O3S/c1-10-6-11(2)8-13(7-10)4-5-20(17,18)9-14-15-12(3)16-19-14/h10-11,13H,4-9H2,1-3H3. The molecule has 2 rings (SSSR count). The Morgan fingerprint density at radius 3 is 2.40 bits per heavy atom. The molecule has 114 valence electrons. The minimum absolute atomic E-state index is 0.133. The van der Waals surface area contributed by atoms with Crippen LogP contribution >= 0.6 is 0 Å². The normalized spacial score (nSPS) is 27.6. The van der Waals surface area contributed by atoms with Gasteiger partial charge in [0, 0.05) is 0 Å². The molecule has 1 aromatic rings. The summed E-state index contributed by atoms with van der Waals surface area (Å²) in [5.41, 5.74) is 0. The van der Waals surface area contributed by atoms with Crippen molar-refractivity contribution in [1.29, 1.82) is 0 Å². The third-order valence-corrected chi connectivity index (χ3v) is 5.57. The molecule has 6 heteroatoms. The molecule has 0 saturated heterocycles. The number of sulfone groups is 1. The van der Waals surface area contributed by atoms with Gasteiger partial charge in [-0.15, -0.1) is 0 Å². The smallest absolute Gasteiger partial charge is 0.241 e. The molecule has 0 N–H and O–H groups in total. The van der Waals surface area contributed by atoms with Gasteiger partial charge in [-0.25, -0.2) is 8.42 Å². The Kier molecular flexibility index (Phi) is 4.83. The van der Waals surface area contributed by atoms with Crippen LogP contribution in [0, 0.1) is 24.7 Å². The largest absolute Gasteiger partial charge is 0.338 e. The maximum atomic E-state index is 12.1. The fraction of sp³-hybridized carbons (Fsp3) is 0.857. The summed E-state index contributed by atoms with van der Waals surface area (Å²) in [6.07, 6.45) is 4.33. The first-order valence-electron chi connectivity index (χ1n) is 7.33. The number of hydrogen-bond donors (Lipinski definition) is 0. The van der Waals surface area contributed by atoms with Crippen molar-refractivity contribution in [1.82, 2.24) is 10.1 Å². The highest BCUT2D eigenvalue weighted by Gasteiger charge is 2.26. The molecule has 0 radical (unpaired) electrons. The summed E-state index contributed by atoms with van der Waals surface area (Å²) in [6.45, 7) is 6.21. The molecule has 1 aliphatic carbocycles. The minimum Gasteiger partial charge on any atom is -0.338 e. The first kappa shape index (κ1) is 15.5. The SMILES string of the molecule is Cc1noc(CS(=O)(=O)CCC2CC(C)CC(C)C2)n1. The third kappa shape index (κ3) is 4.58. The van der Waals surface area contributed by atoms with Crippen molar-refractivity contribution in [3.8, 4) is 0 Å². The molecule has 2 unspecified atom stereocenters. The van der Waals surface area contributed by atoms with E-state index in [1.165, 1.54) is 6.42 Å². The summed E-state index contributed by atoms with van der Waals surface area (Å²) in [5.74, 6) is 2.73. The summed E-state index contributed by atoms with van der Waals surface area (Å²) in [5, 5.41) is 3.62. The molecule has 0 aliphatic heterocycles. The van der Waals surface area contributed by atoms with Gasteiger partial charge in [0.1, 0.15) is 5.75 Å². The maximum Gasteiger partial charge on any atom is 0.241 e. The molecule has 0 bridgehead atoms. The zero-order valence-corrected chi connectivity index (χ0v) is 13.3. The van der Waals surface area contributed by atoms with Crippen molar-refractivity contribution in [2.75, 3.05) is 5.75 Å². The summed E-state index contributed by atoms with van der Waals surface area (Å²) in [4.78, 5) is 3.96. The number of aromatic nitrogens is 2. The van der Waals surface area contributed by atoms with E-state index in [0.717, 1.165) is 19.3 Å². The van der Waals surface area contributed by atoms with Crippen molar-refractivity contribution in [2.24, 2.45) is 17.8 Å². The third-order valence-electron chi connectivity index (χ3n) is 4.03. The molecule has 0 amide bonds. The van der Waals surface area contributed by atoms with Crippen LogP contribution in [0.1, 0.15) is 51.2 Å². The maximum absolute atomic E-state index is 12.1. The molecule has 1 fully saturated rings. The minimum atomic E-state index is -3.15. The van der Waals surface area contributed by atoms with Crippen LogP contribution < -0.4 is 0 Å². The highest BCUT2D eigenvalue weighted by molar-refractivity contribution is 7.90. The monoisotopic (exact) mass is 300 g/mol. The van der Waals surface area contributed by atoms with Gasteiger partial charge >= 0.3 is 0 Å². The first-order valence-corrected chi connectivity index (χ1v) is 9.16. The van der Waals surface area contributed by atoms with Crippen LogP contribution in [0.15, 0.2) is 4.52 Å². The highest BCUT2D eigenvalue weighted by atomic mass is 32.2. The van der Waals surface area contributed by atoms with Crippen LogP contribution in [0.4, 0.5) is 0 Å². The molecule has 0 aromatic carbocycles. The second-order valence-corrected chi connectivity index (χ2v) is 8.58. The van der Waals surface area contributed by atoms with Gasteiger partial charge in [-0.3, -0.25) is 0 Å². The summed E-state index contributed by atoms with van der Waals surface area (Å²) < 4.78 is 29.1. The topological polar surface area (TPSA) is 73.1 Å². The van der Waals surface area contributed by atoms with Crippen molar-refractivity contribution >= 4 is 9.84 Å². The Bertz CT molecular complexity index is 528. The Hall–Kier alpha value is -0.910. The van der Waals surface area contributed by atoms with Gasteiger partial charge in [-0.2, -0.15) is 4.98 Å². The van der Waals surface area contributed by atoms with Crippen LogP contribution in [-0.2, 0) is 15.6 Å². The lowest BCUT2D eigenvalue weighted by molar-refractivity contribution is 0.215. The molecule has 1 aliphatic rings. The van der Waals surface area contributed by atoms with E-state index in [1.54, 1.807) is 6.92 Å². The molecule has 1 heterocycles. The van der Waals surface area contributed by atoms with E-state index in [9.17, 15) is 8.42 Å². The number of nitrogens with zero attached hydrogens (tertiary/aromatic N) is 2. The molecule has 2 atom stereocenters. The lowest BCUT2D eigenvalue weighted by Gasteiger charge is -2.31. The van der Waals surface area contributed by atoms with Gasteiger partial charge in [0.05, 0.1) is 5.75 Å². The first-order chi connectivity index (χ1) is 9.34. The molecule has 1 aromatic heterocycles. The number of hydrogen-bond acceptors (Lipinski definition) is 5. The van der Waals surface area contributed by atoms with Crippen molar-refractivity contribution < 1.29 is 12.9 Å². The van der Waals surface area contributed by atoms with Crippen LogP contribution in [0.2, 0.25) is 0 Å². The fourth-order valence-electron chi connectivity index (χ4n) is 3.35. The van der Waals surface area contributed by atoms with E-state index in [2.05, 4.69) is 24.0 Å². The van der Waals surface area contributed by atoms with Gasteiger partial charge in [0.2, 0.25) is 5.89 Å². The molecular formula is C14H24N2O3S. The Morgan fingerprint density at radius 1 is 1.20 bits per heavy atom. The zero-order valence-electron chi connectivity index (χ0n) is 12.5. The molecule has 0 spiro atoms. The molecule has 20 heavy (non-hydrogen) atoms. The van der Waals surface area contributed by atoms with Crippen molar-refractivity contribution in [3.63, 3.8) is 0 Å². The van der Waals surface area contributed by atoms with Gasteiger partial charge < -0.3 is 4.52 Å². The van der Waals surface area contributed by atoms with Crippen LogP contribution in [-0.4, -0.2) is 24.3 Å². The summed E-state index contributed by atoms with van der Waals surface area (Å²) in [7, 11) is -3.15. The average Bonchev–Trinajstić information content (AvgIpc) is 2.70. The predicted octanol–water partition coefficient (Wildman–Crippen LogP) is 2.76. The van der Waals surface area contributed by atoms with E-state index in [1.807, 2.05) is 0 Å². The van der Waals surface area contributed by atoms with E-state index < -0.39 is 9.84 Å². The van der Waals surface area contributed by atoms with Gasteiger partial charge in [0.15, 0.2) is 15.7 Å². The van der Waals surface area contributed by atoms with Crippen LogP contribution in [0.25, 0.3) is 0 Å². The highest BCUT2D eigenvalue weighted by Crippen LogP contribution is 2.34. The van der Waals surface area contributed by atoms with Gasteiger partial charge in [0.25, 0.3) is 0 Å². The van der Waals surface area contributed by atoms with E-state index in [0.29, 0.717) is 23.6 Å².